The van der Waals surface area contributed by atoms with Gasteiger partial charge >= 0.3 is 6.09 Å². The molecule has 0 bridgehead atoms. The predicted molar refractivity (Wildman–Crippen MR) is 114 cm³/mol. The van der Waals surface area contributed by atoms with Crippen molar-refractivity contribution in [1.82, 2.24) is 10.6 Å². The highest BCUT2D eigenvalue weighted by atomic mass is 16.6. The zero-order valence-electron chi connectivity index (χ0n) is 17.3. The van der Waals surface area contributed by atoms with Crippen molar-refractivity contribution in [2.75, 3.05) is 13.1 Å². The smallest absolute Gasteiger partial charge is 0.407 e. The molecule has 1 amide bonds. The summed E-state index contributed by atoms with van der Waals surface area (Å²) >= 11 is 0. The number of hydrogen-bond acceptors (Lipinski definition) is 5. The van der Waals surface area contributed by atoms with E-state index in [9.17, 15) is 15.0 Å². The standard InChI is InChI=1S/C23H32N2O4/c1-23(2,3)29-22(28)25-19(14-17-10-6-4-7-11-17)21(27)16-24-15-20(26)18-12-8-5-9-13-18/h4-13,19-21,24,26-27H,14-16H2,1-3H3,(H,25,28)/t19-,20?,21+/m0/s1. The van der Waals surface area contributed by atoms with Crippen LogP contribution in [0, 0.1) is 0 Å². The molecule has 3 atom stereocenters. The van der Waals surface area contributed by atoms with Crippen LogP contribution in [0.15, 0.2) is 60.7 Å². The van der Waals surface area contributed by atoms with Crippen molar-refractivity contribution in [3.8, 4) is 0 Å². The molecule has 2 aromatic rings. The summed E-state index contributed by atoms with van der Waals surface area (Å²) in [4.78, 5) is 12.2. The Hall–Kier alpha value is -2.41. The fraction of sp³-hybridized carbons (Fsp3) is 0.435. The highest BCUT2D eigenvalue weighted by Gasteiger charge is 2.25. The van der Waals surface area contributed by atoms with Crippen LogP contribution in [0.3, 0.4) is 0 Å². The van der Waals surface area contributed by atoms with E-state index in [1.165, 1.54) is 0 Å². The average Bonchev–Trinajstić information content (AvgIpc) is 2.67. The molecule has 0 fully saturated rings. The van der Waals surface area contributed by atoms with Crippen molar-refractivity contribution in [3.05, 3.63) is 71.8 Å². The molecule has 0 saturated heterocycles. The van der Waals surface area contributed by atoms with Gasteiger partial charge in [-0.05, 0) is 38.3 Å². The fourth-order valence-electron chi connectivity index (χ4n) is 2.91. The number of ether oxygens (including phenoxy) is 1. The Labute approximate surface area is 172 Å². The minimum absolute atomic E-state index is 0.219. The molecule has 29 heavy (non-hydrogen) atoms. The van der Waals surface area contributed by atoms with Crippen LogP contribution in [0.25, 0.3) is 0 Å². The van der Waals surface area contributed by atoms with Crippen molar-refractivity contribution in [2.24, 2.45) is 0 Å². The van der Waals surface area contributed by atoms with Crippen LogP contribution in [0.4, 0.5) is 4.79 Å². The van der Waals surface area contributed by atoms with Gasteiger partial charge in [0.15, 0.2) is 0 Å². The Bertz CT molecular complexity index is 732. The minimum Gasteiger partial charge on any atom is -0.444 e. The number of nitrogens with one attached hydrogen (secondary N) is 2. The van der Waals surface area contributed by atoms with E-state index in [4.69, 9.17) is 4.74 Å². The van der Waals surface area contributed by atoms with E-state index >= 15 is 0 Å². The van der Waals surface area contributed by atoms with Gasteiger partial charge in [-0.15, -0.1) is 0 Å². The van der Waals surface area contributed by atoms with Crippen molar-refractivity contribution in [2.45, 2.75) is 51.0 Å². The van der Waals surface area contributed by atoms with Gasteiger partial charge in [-0.25, -0.2) is 4.79 Å². The Morgan fingerprint density at radius 2 is 1.55 bits per heavy atom. The van der Waals surface area contributed by atoms with E-state index in [1.807, 2.05) is 60.7 Å². The van der Waals surface area contributed by atoms with E-state index < -0.39 is 29.9 Å². The van der Waals surface area contributed by atoms with Crippen LogP contribution in [-0.2, 0) is 11.2 Å². The van der Waals surface area contributed by atoms with E-state index in [2.05, 4.69) is 10.6 Å². The SMILES string of the molecule is CC(C)(C)OC(=O)N[C@@H](Cc1ccccc1)[C@H](O)CNCC(O)c1ccccc1. The second-order valence-electron chi connectivity index (χ2n) is 8.09. The summed E-state index contributed by atoms with van der Waals surface area (Å²) in [5.74, 6) is 0. The first-order valence-electron chi connectivity index (χ1n) is 9.90. The van der Waals surface area contributed by atoms with Gasteiger partial charge in [-0.3, -0.25) is 0 Å². The van der Waals surface area contributed by atoms with Crippen LogP contribution < -0.4 is 10.6 Å². The molecular weight excluding hydrogens is 368 g/mol. The third kappa shape index (κ3) is 8.64. The number of hydrogen-bond donors (Lipinski definition) is 4. The van der Waals surface area contributed by atoms with E-state index in [-0.39, 0.29) is 6.54 Å². The average molecular weight is 401 g/mol. The molecule has 2 rings (SSSR count). The Balaban J connectivity index is 1.94. The van der Waals surface area contributed by atoms with E-state index in [0.717, 1.165) is 11.1 Å². The van der Waals surface area contributed by atoms with Crippen molar-refractivity contribution in [1.29, 1.82) is 0 Å². The van der Waals surface area contributed by atoms with Gasteiger partial charge in [0.25, 0.3) is 0 Å². The van der Waals surface area contributed by atoms with Gasteiger partial charge in [-0.1, -0.05) is 60.7 Å². The lowest BCUT2D eigenvalue weighted by Crippen LogP contribution is -2.50. The van der Waals surface area contributed by atoms with Gasteiger partial charge in [0.1, 0.15) is 5.60 Å². The zero-order chi connectivity index (χ0) is 21.3. The molecule has 0 radical (unpaired) electrons. The number of benzene rings is 2. The summed E-state index contributed by atoms with van der Waals surface area (Å²) in [5, 5.41) is 26.8. The topological polar surface area (TPSA) is 90.8 Å². The minimum atomic E-state index is -0.856. The van der Waals surface area contributed by atoms with Crippen LogP contribution in [0.1, 0.15) is 38.0 Å². The highest BCUT2D eigenvalue weighted by molar-refractivity contribution is 5.68. The van der Waals surface area contributed by atoms with E-state index in [1.54, 1.807) is 20.8 Å². The molecule has 6 nitrogen and oxygen atoms in total. The second-order valence-corrected chi connectivity index (χ2v) is 8.09. The van der Waals surface area contributed by atoms with Crippen molar-refractivity contribution in [3.63, 3.8) is 0 Å². The van der Waals surface area contributed by atoms with Gasteiger partial charge in [0.05, 0.1) is 18.2 Å². The number of amides is 1. The summed E-state index contributed by atoms with van der Waals surface area (Å²) in [6.07, 6.45) is -1.63. The number of carbonyl (C=O) groups is 1. The molecular formula is C23H32N2O4. The maximum atomic E-state index is 12.2. The highest BCUT2D eigenvalue weighted by Crippen LogP contribution is 2.12. The largest absolute Gasteiger partial charge is 0.444 e. The molecule has 1 unspecified atom stereocenters. The Morgan fingerprint density at radius 1 is 0.966 bits per heavy atom. The predicted octanol–water partition coefficient (Wildman–Crippen LogP) is 2.81. The first-order valence-corrected chi connectivity index (χ1v) is 9.90. The number of rotatable bonds is 9. The lowest BCUT2D eigenvalue weighted by atomic mass is 10.0. The first kappa shape index (κ1) is 22.9. The summed E-state index contributed by atoms with van der Waals surface area (Å²) < 4.78 is 5.34. The normalized spacial score (nSPS) is 14.7. The quantitative estimate of drug-likeness (QED) is 0.520. The lowest BCUT2D eigenvalue weighted by Gasteiger charge is -2.27. The molecule has 0 saturated carbocycles. The first-order chi connectivity index (χ1) is 13.7. The number of alkyl carbamates (subject to hydrolysis) is 1. The molecule has 0 aliphatic carbocycles. The number of aliphatic hydroxyl groups excluding tert-OH is 2. The lowest BCUT2D eigenvalue weighted by molar-refractivity contribution is 0.0418. The van der Waals surface area contributed by atoms with Gasteiger partial charge in [0.2, 0.25) is 0 Å². The van der Waals surface area contributed by atoms with Gasteiger partial charge < -0.3 is 25.6 Å². The monoisotopic (exact) mass is 400 g/mol. The fourth-order valence-corrected chi connectivity index (χ4v) is 2.91. The molecule has 4 N–H and O–H groups in total. The van der Waals surface area contributed by atoms with Crippen LogP contribution in [0.5, 0.6) is 0 Å². The third-order valence-corrected chi connectivity index (χ3v) is 4.34. The molecule has 0 heterocycles. The summed E-state index contributed by atoms with van der Waals surface area (Å²) in [7, 11) is 0. The van der Waals surface area contributed by atoms with Gasteiger partial charge in [0, 0.05) is 13.1 Å². The molecule has 0 aliphatic rings. The Kier molecular flexibility index (Phi) is 8.64. The number of carbonyl (C=O) groups excluding carboxylic acids is 1. The third-order valence-electron chi connectivity index (χ3n) is 4.34. The van der Waals surface area contributed by atoms with Crippen molar-refractivity contribution < 1.29 is 19.7 Å². The summed E-state index contributed by atoms with van der Waals surface area (Å²) in [5.41, 5.74) is 1.18. The van der Waals surface area contributed by atoms with Gasteiger partial charge in [-0.2, -0.15) is 0 Å². The molecule has 2 aromatic carbocycles. The van der Waals surface area contributed by atoms with Crippen LogP contribution in [-0.4, -0.2) is 47.1 Å². The van der Waals surface area contributed by atoms with Crippen LogP contribution in [0.2, 0.25) is 0 Å². The molecule has 158 valence electrons. The van der Waals surface area contributed by atoms with E-state index in [0.29, 0.717) is 13.0 Å². The Morgan fingerprint density at radius 3 is 2.14 bits per heavy atom. The van der Waals surface area contributed by atoms with Crippen molar-refractivity contribution >= 4 is 6.09 Å². The summed E-state index contributed by atoms with van der Waals surface area (Å²) in [6.45, 7) is 5.90. The van der Waals surface area contributed by atoms with Crippen LogP contribution >= 0.6 is 0 Å². The zero-order valence-corrected chi connectivity index (χ0v) is 17.3. The maximum Gasteiger partial charge on any atom is 0.407 e. The maximum absolute atomic E-state index is 12.2. The molecule has 0 aliphatic heterocycles. The molecule has 6 heteroatoms. The number of aliphatic hydroxyl groups is 2. The molecule has 0 aromatic heterocycles. The molecule has 0 spiro atoms. The second kappa shape index (κ2) is 11.0. The summed E-state index contributed by atoms with van der Waals surface area (Å²) in [6, 6.07) is 18.5.